The Morgan fingerprint density at radius 1 is 1.09 bits per heavy atom. The van der Waals surface area contributed by atoms with Crippen molar-refractivity contribution in [1.29, 1.82) is 0 Å². The Balaban J connectivity index is 2.19. The number of rotatable bonds is 8. The Morgan fingerprint density at radius 3 is 2.57 bits per heavy atom. The average molecular weight is 313 g/mol. The quantitative estimate of drug-likeness (QED) is 0.685. The van der Waals surface area contributed by atoms with Crippen LogP contribution >= 0.6 is 0 Å². The zero-order valence-corrected chi connectivity index (χ0v) is 14.3. The van der Waals surface area contributed by atoms with E-state index in [-0.39, 0.29) is 0 Å². The predicted octanol–water partition coefficient (Wildman–Crippen LogP) is 5.15. The molecule has 0 saturated heterocycles. The number of hydrogen-bond acceptors (Lipinski definition) is 3. The summed E-state index contributed by atoms with van der Waals surface area (Å²) in [6.07, 6.45) is 3.55. The molecule has 0 aliphatic carbocycles. The highest BCUT2D eigenvalue weighted by molar-refractivity contribution is 5.77. The van der Waals surface area contributed by atoms with Gasteiger partial charge in [0.25, 0.3) is 0 Å². The van der Waals surface area contributed by atoms with Gasteiger partial charge in [-0.1, -0.05) is 51.0 Å². The molecule has 0 amide bonds. The lowest BCUT2D eigenvalue weighted by Gasteiger charge is -2.16. The van der Waals surface area contributed by atoms with Crippen molar-refractivity contribution in [3.63, 3.8) is 0 Å². The number of nitrogen functional groups attached to an aromatic ring is 1. The molecule has 23 heavy (non-hydrogen) atoms. The monoisotopic (exact) mass is 313 g/mol. The van der Waals surface area contributed by atoms with Crippen LogP contribution in [-0.2, 0) is 0 Å². The fourth-order valence-corrected chi connectivity index (χ4v) is 2.79. The molecule has 1 atom stereocenters. The largest absolute Gasteiger partial charge is 0.494 e. The maximum absolute atomic E-state index is 6.01. The predicted molar refractivity (Wildman–Crippen MR) is 97.0 cm³/mol. The van der Waals surface area contributed by atoms with Crippen molar-refractivity contribution in [2.45, 2.75) is 33.1 Å². The van der Waals surface area contributed by atoms with E-state index in [1.807, 2.05) is 36.4 Å². The molecule has 2 rings (SSSR count). The minimum Gasteiger partial charge on any atom is -0.494 e. The van der Waals surface area contributed by atoms with Gasteiger partial charge in [-0.3, -0.25) is 0 Å². The Hall–Kier alpha value is -2.16. The van der Waals surface area contributed by atoms with Gasteiger partial charge in [-0.2, -0.15) is 0 Å². The molecular weight excluding hydrogens is 286 g/mol. The highest BCUT2D eigenvalue weighted by Crippen LogP contribution is 2.36. The molecule has 0 heterocycles. The minimum absolute atomic E-state index is 0.616. The van der Waals surface area contributed by atoms with Crippen LogP contribution in [0.25, 0.3) is 11.1 Å². The molecule has 2 aromatic rings. The number of ether oxygens (including phenoxy) is 2. The topological polar surface area (TPSA) is 44.5 Å². The van der Waals surface area contributed by atoms with Gasteiger partial charge in [0.05, 0.1) is 19.4 Å². The van der Waals surface area contributed by atoms with E-state index in [2.05, 4.69) is 19.9 Å². The normalized spacial score (nSPS) is 12.0. The fraction of sp³-hybridized carbons (Fsp3) is 0.400. The third-order valence-electron chi connectivity index (χ3n) is 4.15. The fourth-order valence-electron chi connectivity index (χ4n) is 2.79. The summed E-state index contributed by atoms with van der Waals surface area (Å²) in [6, 6.07) is 13.9. The molecule has 0 bridgehead atoms. The molecule has 0 aliphatic rings. The van der Waals surface area contributed by atoms with Gasteiger partial charge >= 0.3 is 0 Å². The molecule has 0 radical (unpaired) electrons. The van der Waals surface area contributed by atoms with E-state index in [0.717, 1.165) is 29.9 Å². The number of hydrogen-bond donors (Lipinski definition) is 1. The van der Waals surface area contributed by atoms with E-state index in [1.165, 1.54) is 12.8 Å². The first kappa shape index (κ1) is 17.2. The van der Waals surface area contributed by atoms with Crippen LogP contribution in [-0.4, -0.2) is 13.7 Å². The van der Waals surface area contributed by atoms with Crippen LogP contribution in [0, 0.1) is 5.92 Å². The smallest absolute Gasteiger partial charge is 0.149 e. The molecule has 2 N–H and O–H groups in total. The second kappa shape index (κ2) is 8.47. The molecular formula is C20H27NO2. The zero-order chi connectivity index (χ0) is 16.7. The van der Waals surface area contributed by atoms with Crippen molar-refractivity contribution in [3.8, 4) is 22.6 Å². The summed E-state index contributed by atoms with van der Waals surface area (Å²) < 4.78 is 11.5. The summed E-state index contributed by atoms with van der Waals surface area (Å²) >= 11 is 0. The van der Waals surface area contributed by atoms with Gasteiger partial charge in [0, 0.05) is 5.56 Å². The third kappa shape index (κ3) is 4.41. The standard InChI is InChI=1S/C20H27NO2/c1-4-8-15(5-2)14-23-17-10-6-9-16(13-17)18-11-7-12-19(21)20(18)22-3/h6-7,9-13,15H,4-5,8,14,21H2,1-3H3. The van der Waals surface area contributed by atoms with Gasteiger partial charge in [-0.25, -0.2) is 0 Å². The van der Waals surface area contributed by atoms with Crippen molar-refractivity contribution in [2.24, 2.45) is 5.92 Å². The van der Waals surface area contributed by atoms with Gasteiger partial charge in [-0.15, -0.1) is 0 Å². The highest BCUT2D eigenvalue weighted by atomic mass is 16.5. The Labute approximate surface area is 139 Å². The van der Waals surface area contributed by atoms with Gasteiger partial charge in [0.1, 0.15) is 11.5 Å². The van der Waals surface area contributed by atoms with E-state index >= 15 is 0 Å². The Morgan fingerprint density at radius 2 is 1.87 bits per heavy atom. The first-order valence-corrected chi connectivity index (χ1v) is 8.35. The number of nitrogens with two attached hydrogens (primary N) is 1. The van der Waals surface area contributed by atoms with Gasteiger partial charge in [0.15, 0.2) is 0 Å². The van der Waals surface area contributed by atoms with E-state index in [9.17, 15) is 0 Å². The Kier molecular flexibility index (Phi) is 6.33. The first-order chi connectivity index (χ1) is 11.2. The summed E-state index contributed by atoms with van der Waals surface area (Å²) in [7, 11) is 1.64. The second-order valence-electron chi connectivity index (χ2n) is 5.83. The van der Waals surface area contributed by atoms with Crippen LogP contribution in [0.3, 0.4) is 0 Å². The lowest BCUT2D eigenvalue weighted by Crippen LogP contribution is -2.10. The van der Waals surface area contributed by atoms with Crippen LogP contribution in [0.5, 0.6) is 11.5 Å². The number of benzene rings is 2. The summed E-state index contributed by atoms with van der Waals surface area (Å²) in [5.41, 5.74) is 8.68. The van der Waals surface area contributed by atoms with Crippen LogP contribution in [0.2, 0.25) is 0 Å². The lowest BCUT2D eigenvalue weighted by molar-refractivity contribution is 0.235. The minimum atomic E-state index is 0.616. The molecule has 0 saturated carbocycles. The van der Waals surface area contributed by atoms with Gasteiger partial charge < -0.3 is 15.2 Å². The molecule has 3 nitrogen and oxygen atoms in total. The van der Waals surface area contributed by atoms with Crippen LogP contribution in [0.1, 0.15) is 33.1 Å². The van der Waals surface area contributed by atoms with E-state index in [0.29, 0.717) is 17.4 Å². The highest BCUT2D eigenvalue weighted by Gasteiger charge is 2.10. The molecule has 0 aromatic heterocycles. The lowest BCUT2D eigenvalue weighted by atomic mass is 10.0. The number of anilines is 1. The van der Waals surface area contributed by atoms with Crippen molar-refractivity contribution in [2.75, 3.05) is 19.5 Å². The molecule has 0 spiro atoms. The maximum atomic E-state index is 6.01. The van der Waals surface area contributed by atoms with Crippen LogP contribution < -0.4 is 15.2 Å². The van der Waals surface area contributed by atoms with Gasteiger partial charge in [-0.05, 0) is 36.1 Å². The molecule has 0 aliphatic heterocycles. The molecule has 124 valence electrons. The van der Waals surface area contributed by atoms with Crippen molar-refractivity contribution >= 4 is 5.69 Å². The molecule has 3 heteroatoms. The summed E-state index contributed by atoms with van der Waals surface area (Å²) in [4.78, 5) is 0. The molecule has 2 aromatic carbocycles. The summed E-state index contributed by atoms with van der Waals surface area (Å²) in [5, 5.41) is 0. The SMILES string of the molecule is CCCC(CC)COc1cccc(-c2cccc(N)c2OC)c1. The van der Waals surface area contributed by atoms with Crippen molar-refractivity contribution < 1.29 is 9.47 Å². The van der Waals surface area contributed by atoms with E-state index in [4.69, 9.17) is 15.2 Å². The zero-order valence-electron chi connectivity index (χ0n) is 14.3. The van der Waals surface area contributed by atoms with Crippen molar-refractivity contribution in [3.05, 3.63) is 42.5 Å². The summed E-state index contributed by atoms with van der Waals surface area (Å²) in [6.45, 7) is 5.20. The second-order valence-corrected chi connectivity index (χ2v) is 5.83. The molecule has 1 unspecified atom stereocenters. The number of methoxy groups -OCH3 is 1. The average Bonchev–Trinajstić information content (AvgIpc) is 2.58. The number of para-hydroxylation sites is 1. The third-order valence-corrected chi connectivity index (χ3v) is 4.15. The van der Waals surface area contributed by atoms with Crippen molar-refractivity contribution in [1.82, 2.24) is 0 Å². The van der Waals surface area contributed by atoms with Crippen LogP contribution in [0.4, 0.5) is 5.69 Å². The van der Waals surface area contributed by atoms with E-state index in [1.54, 1.807) is 7.11 Å². The summed E-state index contributed by atoms with van der Waals surface area (Å²) in [5.74, 6) is 2.22. The molecule has 0 fully saturated rings. The van der Waals surface area contributed by atoms with Gasteiger partial charge in [0.2, 0.25) is 0 Å². The van der Waals surface area contributed by atoms with Crippen LogP contribution in [0.15, 0.2) is 42.5 Å². The maximum Gasteiger partial charge on any atom is 0.149 e. The van der Waals surface area contributed by atoms with E-state index < -0.39 is 0 Å². The first-order valence-electron chi connectivity index (χ1n) is 8.35. The Bertz CT molecular complexity index is 625.